The molecule has 1 heterocycles. The second kappa shape index (κ2) is 10.7. The largest absolute Gasteiger partial charge is 0.336 e. The normalized spacial score (nSPS) is 10.7. The van der Waals surface area contributed by atoms with Crippen molar-refractivity contribution >= 4 is 17.5 Å². The molecule has 3 aromatic carbocycles. The minimum Gasteiger partial charge on any atom is -0.336 e. The summed E-state index contributed by atoms with van der Waals surface area (Å²) < 4.78 is 1.35. The molecule has 0 unspecified atom stereocenters. The molecule has 0 aliphatic heterocycles. The highest BCUT2D eigenvalue weighted by molar-refractivity contribution is 6.30. The zero-order valence-electron chi connectivity index (χ0n) is 18.1. The summed E-state index contributed by atoms with van der Waals surface area (Å²) in [7, 11) is 0. The Bertz CT molecular complexity index is 1260. The highest BCUT2D eigenvalue weighted by atomic mass is 35.5. The first-order valence-electron chi connectivity index (χ1n) is 10.8. The molecule has 0 aliphatic carbocycles. The fraction of sp³-hybridized carbons (Fsp3) is 0.148. The number of carbonyl (C=O) groups excluding carboxylic acids is 1. The molecule has 0 saturated carbocycles. The van der Waals surface area contributed by atoms with E-state index in [1.54, 1.807) is 17.0 Å². The highest BCUT2D eigenvalue weighted by Gasteiger charge is 2.16. The van der Waals surface area contributed by atoms with Crippen molar-refractivity contribution in [2.45, 2.75) is 19.5 Å². The SMILES string of the molecule is O=C(Cn1cnc(-c2ccc(Cl)cc2)cc1=O)N(CCc1ccccc1)Cc1ccccc1. The Hall–Kier alpha value is -3.70. The van der Waals surface area contributed by atoms with Gasteiger partial charge in [0, 0.05) is 29.7 Å². The van der Waals surface area contributed by atoms with E-state index in [0.29, 0.717) is 23.8 Å². The summed E-state index contributed by atoms with van der Waals surface area (Å²) in [5.41, 5.74) is 3.28. The van der Waals surface area contributed by atoms with Gasteiger partial charge in [0.15, 0.2) is 0 Å². The van der Waals surface area contributed by atoms with Gasteiger partial charge in [-0.2, -0.15) is 0 Å². The Morgan fingerprint density at radius 2 is 1.52 bits per heavy atom. The van der Waals surface area contributed by atoms with Crippen molar-refractivity contribution in [2.75, 3.05) is 6.54 Å². The van der Waals surface area contributed by atoms with Crippen LogP contribution in [0.1, 0.15) is 11.1 Å². The fourth-order valence-corrected chi connectivity index (χ4v) is 3.70. The molecule has 6 heteroatoms. The summed E-state index contributed by atoms with van der Waals surface area (Å²) in [5.74, 6) is -0.127. The zero-order valence-corrected chi connectivity index (χ0v) is 18.9. The van der Waals surface area contributed by atoms with Crippen LogP contribution in [0.2, 0.25) is 5.02 Å². The lowest BCUT2D eigenvalue weighted by atomic mass is 10.1. The molecule has 0 N–H and O–H groups in total. The summed E-state index contributed by atoms with van der Waals surface area (Å²) in [6.45, 7) is 0.981. The second-order valence-electron chi connectivity index (χ2n) is 7.78. The van der Waals surface area contributed by atoms with Gasteiger partial charge in [-0.05, 0) is 29.7 Å². The second-order valence-corrected chi connectivity index (χ2v) is 8.22. The number of halogens is 1. The lowest BCUT2D eigenvalue weighted by molar-refractivity contribution is -0.132. The van der Waals surface area contributed by atoms with Gasteiger partial charge in [0.2, 0.25) is 5.91 Å². The van der Waals surface area contributed by atoms with Gasteiger partial charge < -0.3 is 4.90 Å². The van der Waals surface area contributed by atoms with Crippen LogP contribution in [0.15, 0.2) is 102 Å². The number of rotatable bonds is 8. The Morgan fingerprint density at radius 1 is 0.879 bits per heavy atom. The molecule has 4 aromatic rings. The Kier molecular flexibility index (Phi) is 7.33. The number of nitrogens with zero attached hydrogens (tertiary/aromatic N) is 3. The lowest BCUT2D eigenvalue weighted by Gasteiger charge is -2.23. The average molecular weight is 458 g/mol. The number of hydrogen-bond acceptors (Lipinski definition) is 3. The van der Waals surface area contributed by atoms with E-state index in [1.165, 1.54) is 17.0 Å². The number of amides is 1. The van der Waals surface area contributed by atoms with Gasteiger partial charge in [-0.15, -0.1) is 0 Å². The summed E-state index contributed by atoms with van der Waals surface area (Å²) in [4.78, 5) is 32.1. The van der Waals surface area contributed by atoms with Crippen LogP contribution < -0.4 is 5.56 Å². The minimum atomic E-state index is -0.272. The van der Waals surface area contributed by atoms with E-state index >= 15 is 0 Å². The predicted octanol–water partition coefficient (Wildman–Crippen LogP) is 4.84. The molecule has 0 atom stereocenters. The van der Waals surface area contributed by atoms with Gasteiger partial charge >= 0.3 is 0 Å². The maximum atomic E-state index is 13.2. The molecule has 1 amide bonds. The predicted molar refractivity (Wildman–Crippen MR) is 131 cm³/mol. The number of carbonyl (C=O) groups is 1. The molecule has 33 heavy (non-hydrogen) atoms. The quantitative estimate of drug-likeness (QED) is 0.380. The Labute approximate surface area is 197 Å². The first kappa shape index (κ1) is 22.5. The molecule has 4 rings (SSSR count). The van der Waals surface area contributed by atoms with Crippen molar-refractivity contribution in [3.8, 4) is 11.3 Å². The van der Waals surface area contributed by atoms with E-state index in [9.17, 15) is 9.59 Å². The van der Waals surface area contributed by atoms with Crippen LogP contribution in [-0.2, 0) is 24.3 Å². The molecule has 0 aliphatic rings. The van der Waals surface area contributed by atoms with Crippen LogP contribution in [-0.4, -0.2) is 26.9 Å². The molecule has 0 radical (unpaired) electrons. The molecule has 0 spiro atoms. The first-order chi connectivity index (χ1) is 16.1. The Morgan fingerprint density at radius 3 is 2.15 bits per heavy atom. The monoisotopic (exact) mass is 457 g/mol. The summed E-state index contributed by atoms with van der Waals surface area (Å²) >= 11 is 5.94. The molecular formula is C27H24ClN3O2. The van der Waals surface area contributed by atoms with Crippen molar-refractivity contribution < 1.29 is 4.79 Å². The van der Waals surface area contributed by atoms with E-state index in [1.807, 2.05) is 60.7 Å². The van der Waals surface area contributed by atoms with Crippen LogP contribution in [0.3, 0.4) is 0 Å². The van der Waals surface area contributed by atoms with Gasteiger partial charge in [-0.3, -0.25) is 14.2 Å². The molecule has 1 aromatic heterocycles. The van der Waals surface area contributed by atoms with Crippen LogP contribution in [0.25, 0.3) is 11.3 Å². The molecule has 0 bridgehead atoms. The summed E-state index contributed by atoms with van der Waals surface area (Å²) in [5, 5.41) is 0.617. The van der Waals surface area contributed by atoms with Crippen molar-refractivity contribution in [1.82, 2.24) is 14.5 Å². The summed E-state index contributed by atoms with van der Waals surface area (Å²) in [6, 6.07) is 28.5. The number of hydrogen-bond donors (Lipinski definition) is 0. The molecule has 0 saturated heterocycles. The number of benzene rings is 3. The standard InChI is InChI=1S/C27H24ClN3O2/c28-24-13-11-23(12-14-24)25-17-26(32)31(20-29-25)19-27(33)30(18-22-9-5-2-6-10-22)16-15-21-7-3-1-4-8-21/h1-14,17,20H,15-16,18-19H2. The van der Waals surface area contributed by atoms with Crippen molar-refractivity contribution in [3.63, 3.8) is 0 Å². The van der Waals surface area contributed by atoms with Gasteiger partial charge in [0.25, 0.3) is 5.56 Å². The molecule has 5 nitrogen and oxygen atoms in total. The van der Waals surface area contributed by atoms with E-state index in [2.05, 4.69) is 17.1 Å². The maximum Gasteiger partial charge on any atom is 0.254 e. The third-order valence-electron chi connectivity index (χ3n) is 5.41. The summed E-state index contributed by atoms with van der Waals surface area (Å²) in [6.07, 6.45) is 2.17. The van der Waals surface area contributed by atoms with Gasteiger partial charge in [0.05, 0.1) is 12.0 Å². The van der Waals surface area contributed by atoms with Crippen LogP contribution in [0, 0.1) is 0 Å². The fourth-order valence-electron chi connectivity index (χ4n) is 3.57. The average Bonchev–Trinajstić information content (AvgIpc) is 2.84. The Balaban J connectivity index is 1.50. The molecule has 166 valence electrons. The van der Waals surface area contributed by atoms with E-state index in [0.717, 1.165) is 23.1 Å². The first-order valence-corrected chi connectivity index (χ1v) is 11.1. The van der Waals surface area contributed by atoms with E-state index in [4.69, 9.17) is 11.6 Å². The lowest BCUT2D eigenvalue weighted by Crippen LogP contribution is -2.37. The van der Waals surface area contributed by atoms with Crippen molar-refractivity contribution in [1.29, 1.82) is 0 Å². The topological polar surface area (TPSA) is 55.2 Å². The smallest absolute Gasteiger partial charge is 0.254 e. The van der Waals surface area contributed by atoms with Crippen LogP contribution >= 0.6 is 11.6 Å². The zero-order chi connectivity index (χ0) is 23.0. The van der Waals surface area contributed by atoms with E-state index in [-0.39, 0.29) is 18.0 Å². The van der Waals surface area contributed by atoms with Gasteiger partial charge in [-0.25, -0.2) is 4.98 Å². The van der Waals surface area contributed by atoms with Crippen LogP contribution in [0.4, 0.5) is 0 Å². The van der Waals surface area contributed by atoms with Crippen LogP contribution in [0.5, 0.6) is 0 Å². The number of aromatic nitrogens is 2. The van der Waals surface area contributed by atoms with Gasteiger partial charge in [-0.1, -0.05) is 84.4 Å². The maximum absolute atomic E-state index is 13.2. The highest BCUT2D eigenvalue weighted by Crippen LogP contribution is 2.18. The minimum absolute atomic E-state index is 0.0612. The van der Waals surface area contributed by atoms with E-state index < -0.39 is 0 Å². The third kappa shape index (κ3) is 6.18. The van der Waals surface area contributed by atoms with Crippen molar-refractivity contribution in [2.24, 2.45) is 0 Å². The molecule has 0 fully saturated rings. The molecular weight excluding hydrogens is 434 g/mol. The third-order valence-corrected chi connectivity index (χ3v) is 5.66. The van der Waals surface area contributed by atoms with Gasteiger partial charge in [0.1, 0.15) is 6.54 Å². The van der Waals surface area contributed by atoms with Crippen molar-refractivity contribution in [3.05, 3.63) is 124 Å².